The summed E-state index contributed by atoms with van der Waals surface area (Å²) < 4.78 is 37.7. The summed E-state index contributed by atoms with van der Waals surface area (Å²) in [5.74, 6) is 0. The first kappa shape index (κ1) is 5.24. The second kappa shape index (κ2) is 1.29. The largest absolute Gasteiger partial charge is 0.373 e. The molecule has 0 aliphatic carbocycles. The molecule has 1 unspecified atom stereocenters. The number of hydrogen-bond donors (Lipinski definition) is 0. The van der Waals surface area contributed by atoms with E-state index in [0.717, 1.165) is 0 Å². The van der Waals surface area contributed by atoms with E-state index in [0.29, 0.717) is 0 Å². The first-order valence-corrected chi connectivity index (χ1v) is 2.23. The number of rotatable bonds is 0. The highest BCUT2D eigenvalue weighted by Crippen LogP contribution is 2.46. The smallest absolute Gasteiger partial charge is 0.265 e. The fourth-order valence-corrected chi connectivity index (χ4v) is 0.472. The van der Waals surface area contributed by atoms with Gasteiger partial charge >= 0.3 is 5.25 Å². The molecule has 1 fully saturated rings. The molecule has 1 aliphatic rings. The number of hydrogen-bond acceptors (Lipinski definition) is 2. The van der Waals surface area contributed by atoms with Crippen molar-refractivity contribution in [1.29, 1.82) is 0 Å². The molecule has 0 aromatic carbocycles. The van der Waals surface area contributed by atoms with Gasteiger partial charge in [0, 0.05) is 0 Å². The zero-order chi connectivity index (χ0) is 5.49. The van der Waals surface area contributed by atoms with E-state index in [2.05, 4.69) is 4.18 Å². The summed E-state index contributed by atoms with van der Waals surface area (Å²) in [6, 6.07) is 0. The SMILES string of the molecule is FC1OSC1(F)F. The lowest BCUT2D eigenvalue weighted by molar-refractivity contribution is -0.130. The minimum absolute atomic E-state index is 0.138. The molecule has 5 heteroatoms. The van der Waals surface area contributed by atoms with Crippen molar-refractivity contribution in [2.45, 2.75) is 11.6 Å². The van der Waals surface area contributed by atoms with Crippen molar-refractivity contribution < 1.29 is 17.4 Å². The minimum atomic E-state index is -3.29. The summed E-state index contributed by atoms with van der Waals surface area (Å²) in [5, 5.41) is -3.29. The van der Waals surface area contributed by atoms with Crippen molar-refractivity contribution in [3.8, 4) is 0 Å². The van der Waals surface area contributed by atoms with E-state index in [4.69, 9.17) is 0 Å². The highest BCUT2D eigenvalue weighted by atomic mass is 32.2. The van der Waals surface area contributed by atoms with Crippen molar-refractivity contribution in [3.05, 3.63) is 0 Å². The first-order valence-electron chi connectivity index (χ1n) is 1.49. The first-order chi connectivity index (χ1) is 3.13. The van der Waals surface area contributed by atoms with Crippen LogP contribution in [0.1, 0.15) is 0 Å². The summed E-state index contributed by atoms with van der Waals surface area (Å²) in [6.45, 7) is 0. The topological polar surface area (TPSA) is 9.23 Å². The van der Waals surface area contributed by atoms with Crippen LogP contribution < -0.4 is 0 Å². The predicted molar refractivity (Wildman–Crippen MR) is 18.5 cm³/mol. The molecule has 42 valence electrons. The minimum Gasteiger partial charge on any atom is -0.265 e. The fraction of sp³-hybridized carbons (Fsp3) is 1.00. The van der Waals surface area contributed by atoms with Crippen LogP contribution in [0.2, 0.25) is 0 Å². The van der Waals surface area contributed by atoms with Gasteiger partial charge in [-0.05, 0) is 0 Å². The third-order valence-electron chi connectivity index (χ3n) is 0.508. The summed E-state index contributed by atoms with van der Waals surface area (Å²) >= 11 is -0.138. The molecule has 0 bridgehead atoms. The van der Waals surface area contributed by atoms with Gasteiger partial charge in [-0.3, -0.25) is 4.18 Å². The van der Waals surface area contributed by atoms with Gasteiger partial charge in [-0.1, -0.05) is 0 Å². The second-order valence-corrected chi connectivity index (χ2v) is 1.96. The standard InChI is InChI=1S/C2HF3OS/c3-1-2(4,5)7-6-1/h1H. The maximum Gasteiger partial charge on any atom is 0.373 e. The van der Waals surface area contributed by atoms with Crippen LogP contribution in [0.15, 0.2) is 0 Å². The molecule has 0 radical (unpaired) electrons. The molecule has 0 amide bonds. The summed E-state index contributed by atoms with van der Waals surface area (Å²) in [7, 11) is 0. The monoisotopic (exact) mass is 130 g/mol. The molecule has 0 spiro atoms. The highest BCUT2D eigenvalue weighted by molar-refractivity contribution is 7.96. The Balaban J connectivity index is 2.43. The van der Waals surface area contributed by atoms with Crippen LogP contribution in [0.25, 0.3) is 0 Å². The number of alkyl halides is 3. The van der Waals surface area contributed by atoms with Crippen molar-refractivity contribution in [2.75, 3.05) is 0 Å². The van der Waals surface area contributed by atoms with Gasteiger partial charge in [0.05, 0.1) is 12.0 Å². The van der Waals surface area contributed by atoms with E-state index in [1.165, 1.54) is 0 Å². The Bertz CT molecular complexity index is 85.0. The van der Waals surface area contributed by atoms with Crippen LogP contribution >= 0.6 is 12.0 Å². The average molecular weight is 130 g/mol. The molecule has 0 saturated carbocycles. The predicted octanol–water partition coefficient (Wildman–Crippen LogP) is 1.55. The Labute approximate surface area is 42.0 Å². The molecule has 1 aliphatic heterocycles. The molecule has 1 heterocycles. The van der Waals surface area contributed by atoms with Gasteiger partial charge in [-0.2, -0.15) is 8.78 Å². The van der Waals surface area contributed by atoms with Crippen LogP contribution in [-0.2, 0) is 4.18 Å². The lowest BCUT2D eigenvalue weighted by atomic mass is 10.7. The third kappa shape index (κ3) is 0.700. The van der Waals surface area contributed by atoms with Gasteiger partial charge in [-0.15, -0.1) is 0 Å². The van der Waals surface area contributed by atoms with Crippen LogP contribution in [-0.4, -0.2) is 11.6 Å². The van der Waals surface area contributed by atoms with Gasteiger partial charge in [0.2, 0.25) is 0 Å². The van der Waals surface area contributed by atoms with Gasteiger partial charge in [0.25, 0.3) is 6.36 Å². The maximum atomic E-state index is 11.4. The number of halogens is 3. The highest BCUT2D eigenvalue weighted by Gasteiger charge is 2.53. The zero-order valence-electron chi connectivity index (χ0n) is 3.03. The normalized spacial score (nSPS) is 37.3. The van der Waals surface area contributed by atoms with E-state index in [1.54, 1.807) is 0 Å². The zero-order valence-corrected chi connectivity index (χ0v) is 3.84. The molecule has 1 saturated heterocycles. The summed E-state index contributed by atoms with van der Waals surface area (Å²) in [6.07, 6.45) is -2.39. The van der Waals surface area contributed by atoms with E-state index < -0.39 is 11.6 Å². The molecule has 0 aromatic rings. The van der Waals surface area contributed by atoms with Gasteiger partial charge < -0.3 is 0 Å². The Morgan fingerprint density at radius 3 is 2.00 bits per heavy atom. The van der Waals surface area contributed by atoms with E-state index >= 15 is 0 Å². The molecule has 0 N–H and O–H groups in total. The molecule has 1 nitrogen and oxygen atoms in total. The van der Waals surface area contributed by atoms with Gasteiger partial charge in [0.15, 0.2) is 0 Å². The second-order valence-electron chi connectivity index (χ2n) is 1.06. The van der Waals surface area contributed by atoms with Crippen molar-refractivity contribution in [1.82, 2.24) is 0 Å². The molecule has 7 heavy (non-hydrogen) atoms. The van der Waals surface area contributed by atoms with Gasteiger partial charge in [-0.25, -0.2) is 4.39 Å². The Morgan fingerprint density at radius 1 is 1.57 bits per heavy atom. The van der Waals surface area contributed by atoms with Crippen molar-refractivity contribution >= 4 is 12.0 Å². The van der Waals surface area contributed by atoms with Crippen LogP contribution in [0.4, 0.5) is 13.2 Å². The van der Waals surface area contributed by atoms with E-state index in [9.17, 15) is 13.2 Å². The Hall–Kier alpha value is 0.1000. The maximum absolute atomic E-state index is 11.4. The van der Waals surface area contributed by atoms with Crippen LogP contribution in [0.3, 0.4) is 0 Å². The summed E-state index contributed by atoms with van der Waals surface area (Å²) in [5.41, 5.74) is 0. The molecule has 1 atom stereocenters. The quantitative estimate of drug-likeness (QED) is 0.460. The van der Waals surface area contributed by atoms with E-state index in [1.807, 2.05) is 0 Å². The average Bonchev–Trinajstić information content (AvgIpc) is 1.63. The Morgan fingerprint density at radius 2 is 2.00 bits per heavy atom. The van der Waals surface area contributed by atoms with Crippen molar-refractivity contribution in [3.63, 3.8) is 0 Å². The third-order valence-corrected chi connectivity index (χ3v) is 1.18. The molecular formula is C2HF3OS. The van der Waals surface area contributed by atoms with Crippen LogP contribution in [0, 0.1) is 0 Å². The van der Waals surface area contributed by atoms with Crippen LogP contribution in [0.5, 0.6) is 0 Å². The molecular weight excluding hydrogens is 129 g/mol. The van der Waals surface area contributed by atoms with Gasteiger partial charge in [0.1, 0.15) is 0 Å². The van der Waals surface area contributed by atoms with E-state index in [-0.39, 0.29) is 12.0 Å². The Kier molecular flexibility index (Phi) is 0.964. The lowest BCUT2D eigenvalue weighted by Crippen LogP contribution is -2.36. The lowest BCUT2D eigenvalue weighted by Gasteiger charge is -2.26. The fourth-order valence-electron chi connectivity index (χ4n) is 0.157. The molecule has 0 aromatic heterocycles. The summed E-state index contributed by atoms with van der Waals surface area (Å²) in [4.78, 5) is 0. The van der Waals surface area contributed by atoms with Crippen molar-refractivity contribution in [2.24, 2.45) is 0 Å². The molecule has 1 rings (SSSR count).